The SMILES string of the molecule is COC(=O)c1ccc(OCC(=O)NCC2COc3ccccc3O2)c(OC)c1. The van der Waals surface area contributed by atoms with E-state index in [0.717, 1.165) is 0 Å². The van der Waals surface area contributed by atoms with Crippen LogP contribution in [0.3, 0.4) is 0 Å². The van der Waals surface area contributed by atoms with Crippen molar-refractivity contribution in [1.29, 1.82) is 0 Å². The Kier molecular flexibility index (Phi) is 6.21. The first kappa shape index (κ1) is 19.3. The molecule has 1 unspecified atom stereocenters. The molecule has 3 rings (SSSR count). The van der Waals surface area contributed by atoms with Crippen LogP contribution >= 0.6 is 0 Å². The van der Waals surface area contributed by atoms with Gasteiger partial charge in [0.25, 0.3) is 5.91 Å². The molecule has 1 heterocycles. The van der Waals surface area contributed by atoms with Crippen LogP contribution in [-0.4, -0.2) is 52.0 Å². The summed E-state index contributed by atoms with van der Waals surface area (Å²) in [4.78, 5) is 23.6. The average molecular weight is 387 g/mol. The van der Waals surface area contributed by atoms with Gasteiger partial charge in [0, 0.05) is 0 Å². The average Bonchev–Trinajstić information content (AvgIpc) is 2.75. The van der Waals surface area contributed by atoms with Crippen LogP contribution in [0, 0.1) is 0 Å². The zero-order chi connectivity index (χ0) is 19.9. The second-order valence-electron chi connectivity index (χ2n) is 5.95. The van der Waals surface area contributed by atoms with E-state index in [1.165, 1.54) is 26.4 Å². The lowest BCUT2D eigenvalue weighted by Gasteiger charge is -2.26. The first-order valence-electron chi connectivity index (χ1n) is 8.65. The monoisotopic (exact) mass is 387 g/mol. The van der Waals surface area contributed by atoms with Crippen LogP contribution in [0.1, 0.15) is 10.4 Å². The van der Waals surface area contributed by atoms with Gasteiger partial charge in [0.05, 0.1) is 26.3 Å². The molecule has 0 radical (unpaired) electrons. The van der Waals surface area contributed by atoms with E-state index in [0.29, 0.717) is 35.2 Å². The quantitative estimate of drug-likeness (QED) is 0.725. The molecular formula is C20H21NO7. The van der Waals surface area contributed by atoms with E-state index in [1.54, 1.807) is 6.07 Å². The molecule has 0 fully saturated rings. The number of carbonyl (C=O) groups excluding carboxylic acids is 2. The summed E-state index contributed by atoms with van der Waals surface area (Å²) in [5, 5.41) is 2.75. The van der Waals surface area contributed by atoms with Crippen LogP contribution in [0.15, 0.2) is 42.5 Å². The van der Waals surface area contributed by atoms with Gasteiger partial charge in [-0.15, -0.1) is 0 Å². The molecular weight excluding hydrogens is 366 g/mol. The number of rotatable bonds is 7. The van der Waals surface area contributed by atoms with Gasteiger partial charge in [0.15, 0.2) is 29.6 Å². The molecule has 148 valence electrons. The minimum atomic E-state index is -0.487. The predicted octanol–water partition coefficient (Wildman–Crippen LogP) is 1.82. The van der Waals surface area contributed by atoms with Crippen LogP contribution in [0.5, 0.6) is 23.0 Å². The lowest BCUT2D eigenvalue weighted by atomic mass is 10.2. The van der Waals surface area contributed by atoms with Crippen LogP contribution in [0.2, 0.25) is 0 Å². The van der Waals surface area contributed by atoms with Crippen molar-refractivity contribution >= 4 is 11.9 Å². The summed E-state index contributed by atoms with van der Waals surface area (Å²) in [5.74, 6) is 1.21. The van der Waals surface area contributed by atoms with Crippen molar-refractivity contribution in [2.24, 2.45) is 0 Å². The van der Waals surface area contributed by atoms with E-state index in [9.17, 15) is 9.59 Å². The minimum absolute atomic E-state index is 0.210. The summed E-state index contributed by atoms with van der Waals surface area (Å²) < 4.78 is 26.7. The molecule has 28 heavy (non-hydrogen) atoms. The van der Waals surface area contributed by atoms with Gasteiger partial charge in [-0.2, -0.15) is 0 Å². The second-order valence-corrected chi connectivity index (χ2v) is 5.95. The van der Waals surface area contributed by atoms with E-state index in [-0.39, 0.29) is 25.2 Å². The molecule has 1 aliphatic heterocycles. The van der Waals surface area contributed by atoms with Crippen molar-refractivity contribution < 1.29 is 33.3 Å². The summed E-state index contributed by atoms with van der Waals surface area (Å²) in [7, 11) is 2.74. The van der Waals surface area contributed by atoms with E-state index in [4.69, 9.17) is 18.9 Å². The van der Waals surface area contributed by atoms with Gasteiger partial charge in [0.2, 0.25) is 0 Å². The molecule has 0 bridgehead atoms. The molecule has 8 heteroatoms. The summed E-state index contributed by atoms with van der Waals surface area (Å²) >= 11 is 0. The highest BCUT2D eigenvalue weighted by Crippen LogP contribution is 2.31. The highest BCUT2D eigenvalue weighted by molar-refractivity contribution is 5.90. The van der Waals surface area contributed by atoms with Crippen LogP contribution in [0.4, 0.5) is 0 Å². The Morgan fingerprint density at radius 2 is 1.89 bits per heavy atom. The fourth-order valence-electron chi connectivity index (χ4n) is 2.62. The molecule has 1 N–H and O–H groups in total. The number of amides is 1. The number of hydrogen-bond donors (Lipinski definition) is 1. The van der Waals surface area contributed by atoms with Crippen molar-refractivity contribution in [1.82, 2.24) is 5.32 Å². The number of fused-ring (bicyclic) bond motifs is 1. The summed E-state index contributed by atoms with van der Waals surface area (Å²) in [6.45, 7) is 0.425. The maximum Gasteiger partial charge on any atom is 0.337 e. The Morgan fingerprint density at radius 1 is 1.11 bits per heavy atom. The van der Waals surface area contributed by atoms with E-state index < -0.39 is 5.97 Å². The Bertz CT molecular complexity index is 852. The predicted molar refractivity (Wildman–Crippen MR) is 99.2 cm³/mol. The van der Waals surface area contributed by atoms with Gasteiger partial charge < -0.3 is 29.0 Å². The topological polar surface area (TPSA) is 92.3 Å². The number of esters is 1. The highest BCUT2D eigenvalue weighted by Gasteiger charge is 2.21. The first-order chi connectivity index (χ1) is 13.6. The number of ether oxygens (including phenoxy) is 5. The summed E-state index contributed by atoms with van der Waals surface area (Å²) in [6, 6.07) is 11.9. The number of benzene rings is 2. The molecule has 1 atom stereocenters. The second kappa shape index (κ2) is 8.98. The molecule has 0 aliphatic carbocycles. The third-order valence-corrected chi connectivity index (χ3v) is 4.04. The zero-order valence-corrected chi connectivity index (χ0v) is 15.6. The van der Waals surface area contributed by atoms with E-state index in [2.05, 4.69) is 10.1 Å². The number of methoxy groups -OCH3 is 2. The van der Waals surface area contributed by atoms with Gasteiger partial charge >= 0.3 is 5.97 Å². The fourth-order valence-corrected chi connectivity index (χ4v) is 2.62. The molecule has 2 aromatic rings. The van der Waals surface area contributed by atoms with E-state index >= 15 is 0 Å². The highest BCUT2D eigenvalue weighted by atomic mass is 16.6. The van der Waals surface area contributed by atoms with Crippen molar-refractivity contribution in [3.8, 4) is 23.0 Å². The van der Waals surface area contributed by atoms with Gasteiger partial charge in [0.1, 0.15) is 12.7 Å². The number of nitrogens with one attached hydrogen (secondary N) is 1. The van der Waals surface area contributed by atoms with Gasteiger partial charge in [-0.1, -0.05) is 12.1 Å². The summed E-state index contributed by atoms with van der Waals surface area (Å²) in [5.41, 5.74) is 0.325. The molecule has 0 saturated heterocycles. The van der Waals surface area contributed by atoms with Crippen molar-refractivity contribution in [2.75, 3.05) is 34.0 Å². The molecule has 1 aliphatic rings. The number of para-hydroxylation sites is 2. The third kappa shape index (κ3) is 4.64. The smallest absolute Gasteiger partial charge is 0.337 e. The molecule has 2 aromatic carbocycles. The first-order valence-corrected chi connectivity index (χ1v) is 8.65. The van der Waals surface area contributed by atoms with Gasteiger partial charge in [-0.05, 0) is 30.3 Å². The third-order valence-electron chi connectivity index (χ3n) is 4.04. The molecule has 0 spiro atoms. The molecule has 1 amide bonds. The lowest BCUT2D eigenvalue weighted by molar-refractivity contribution is -0.123. The van der Waals surface area contributed by atoms with Crippen LogP contribution in [-0.2, 0) is 9.53 Å². The normalized spacial score (nSPS) is 14.7. The van der Waals surface area contributed by atoms with Crippen molar-refractivity contribution in [3.05, 3.63) is 48.0 Å². The Labute approximate surface area is 162 Å². The van der Waals surface area contributed by atoms with Crippen molar-refractivity contribution in [3.63, 3.8) is 0 Å². The molecule has 8 nitrogen and oxygen atoms in total. The largest absolute Gasteiger partial charge is 0.493 e. The van der Waals surface area contributed by atoms with Gasteiger partial charge in [-0.25, -0.2) is 4.79 Å². The summed E-state index contributed by atoms with van der Waals surface area (Å²) in [6.07, 6.45) is -0.285. The minimum Gasteiger partial charge on any atom is -0.493 e. The fraction of sp³-hybridized carbons (Fsp3) is 0.300. The molecule has 0 aromatic heterocycles. The number of carbonyl (C=O) groups is 2. The standard InChI is InChI=1S/C20H21NO7/c1-24-18-9-13(20(23)25-2)7-8-16(18)27-12-19(22)21-10-14-11-26-15-5-3-4-6-17(15)28-14/h3-9,14H,10-12H2,1-2H3,(H,21,22). The maximum absolute atomic E-state index is 12.1. The van der Waals surface area contributed by atoms with Crippen molar-refractivity contribution in [2.45, 2.75) is 6.10 Å². The Morgan fingerprint density at radius 3 is 2.64 bits per heavy atom. The van der Waals surface area contributed by atoms with E-state index in [1.807, 2.05) is 24.3 Å². The lowest BCUT2D eigenvalue weighted by Crippen LogP contribution is -2.42. The number of hydrogen-bond acceptors (Lipinski definition) is 7. The zero-order valence-electron chi connectivity index (χ0n) is 15.6. The molecule has 0 saturated carbocycles. The van der Waals surface area contributed by atoms with Crippen LogP contribution < -0.4 is 24.3 Å². The van der Waals surface area contributed by atoms with Crippen LogP contribution in [0.25, 0.3) is 0 Å². The van der Waals surface area contributed by atoms with Gasteiger partial charge in [-0.3, -0.25) is 4.79 Å². The Balaban J connectivity index is 1.49. The maximum atomic E-state index is 12.1. The Hall–Kier alpha value is -3.42.